The minimum absolute atomic E-state index is 0.162. The first-order valence-corrected chi connectivity index (χ1v) is 5.64. The van der Waals surface area contributed by atoms with E-state index in [1.165, 1.54) is 0 Å². The number of nitrogens with zero attached hydrogens (tertiary/aromatic N) is 2. The van der Waals surface area contributed by atoms with Gasteiger partial charge in [0.2, 0.25) is 5.76 Å². The number of aromatic nitrogens is 1. The van der Waals surface area contributed by atoms with Crippen LogP contribution in [0.2, 0.25) is 0 Å². The van der Waals surface area contributed by atoms with E-state index in [1.807, 2.05) is 0 Å². The van der Waals surface area contributed by atoms with Crippen LogP contribution < -0.4 is 5.32 Å². The van der Waals surface area contributed by atoms with Gasteiger partial charge in [0, 0.05) is 11.8 Å². The molecule has 0 atom stereocenters. The fraction of sp³-hybridized carbons (Fsp3) is 0.154. The molecule has 2 aromatic rings. The number of amides is 1. The van der Waals surface area contributed by atoms with Gasteiger partial charge in [-0.05, 0) is 31.5 Å². The Morgan fingerprint density at radius 2 is 2.05 bits per heavy atom. The summed E-state index contributed by atoms with van der Waals surface area (Å²) in [4.78, 5) is 11.8. The lowest BCUT2D eigenvalue weighted by atomic mass is 10.1. The standard InChI is InChI=1S/C13H13N3O3/c1-8-7-12(19-16-8)13(17)14-11-5-3-10(4-6-11)9(2)15-18/h3-7,18H,1-2H3,(H,14,17). The fourth-order valence-corrected chi connectivity index (χ4v) is 1.52. The summed E-state index contributed by atoms with van der Waals surface area (Å²) in [5.41, 5.74) is 2.54. The van der Waals surface area contributed by atoms with Crippen molar-refractivity contribution in [2.45, 2.75) is 13.8 Å². The molecule has 1 heterocycles. The van der Waals surface area contributed by atoms with Gasteiger partial charge in [0.1, 0.15) is 0 Å². The SMILES string of the molecule is CC(=NO)c1ccc(NC(=O)c2cc(C)no2)cc1. The third-order valence-electron chi connectivity index (χ3n) is 2.56. The molecule has 2 N–H and O–H groups in total. The predicted molar refractivity (Wildman–Crippen MR) is 69.6 cm³/mol. The number of benzene rings is 1. The molecule has 0 bridgehead atoms. The van der Waals surface area contributed by atoms with E-state index in [0.717, 1.165) is 5.56 Å². The highest BCUT2D eigenvalue weighted by atomic mass is 16.5. The topological polar surface area (TPSA) is 87.7 Å². The Morgan fingerprint density at radius 3 is 2.58 bits per heavy atom. The van der Waals surface area contributed by atoms with Crippen molar-refractivity contribution in [1.29, 1.82) is 0 Å². The Labute approximate surface area is 109 Å². The largest absolute Gasteiger partial charge is 0.411 e. The van der Waals surface area contributed by atoms with Crippen LogP contribution >= 0.6 is 0 Å². The van der Waals surface area contributed by atoms with Gasteiger partial charge in [-0.2, -0.15) is 0 Å². The van der Waals surface area contributed by atoms with Gasteiger partial charge < -0.3 is 15.0 Å². The molecule has 0 spiro atoms. The van der Waals surface area contributed by atoms with Crippen molar-refractivity contribution in [1.82, 2.24) is 5.16 Å². The van der Waals surface area contributed by atoms with Gasteiger partial charge in [-0.15, -0.1) is 0 Å². The Bertz CT molecular complexity index is 614. The minimum Gasteiger partial charge on any atom is -0.411 e. The molecule has 0 saturated carbocycles. The molecule has 6 heteroatoms. The van der Waals surface area contributed by atoms with Gasteiger partial charge in [-0.3, -0.25) is 4.79 Å². The van der Waals surface area contributed by atoms with Crippen molar-refractivity contribution >= 4 is 17.3 Å². The first-order valence-electron chi connectivity index (χ1n) is 5.64. The summed E-state index contributed by atoms with van der Waals surface area (Å²) in [5, 5.41) is 18.1. The number of hydrogen-bond donors (Lipinski definition) is 2. The van der Waals surface area contributed by atoms with Gasteiger partial charge in [-0.1, -0.05) is 22.4 Å². The first-order chi connectivity index (χ1) is 9.10. The van der Waals surface area contributed by atoms with E-state index in [-0.39, 0.29) is 11.7 Å². The van der Waals surface area contributed by atoms with Gasteiger partial charge in [0.15, 0.2) is 0 Å². The second kappa shape index (κ2) is 5.34. The molecular weight excluding hydrogens is 246 g/mol. The van der Waals surface area contributed by atoms with Crippen molar-refractivity contribution in [2.24, 2.45) is 5.16 Å². The fourth-order valence-electron chi connectivity index (χ4n) is 1.52. The summed E-state index contributed by atoms with van der Waals surface area (Å²) in [6, 6.07) is 8.48. The zero-order valence-electron chi connectivity index (χ0n) is 10.5. The van der Waals surface area contributed by atoms with Crippen molar-refractivity contribution < 1.29 is 14.5 Å². The van der Waals surface area contributed by atoms with Gasteiger partial charge in [0.25, 0.3) is 5.91 Å². The van der Waals surface area contributed by atoms with Crippen LogP contribution in [-0.4, -0.2) is 22.0 Å². The number of carbonyl (C=O) groups excluding carboxylic acids is 1. The highest BCUT2D eigenvalue weighted by Gasteiger charge is 2.11. The summed E-state index contributed by atoms with van der Waals surface area (Å²) in [5.74, 6) is -0.199. The van der Waals surface area contributed by atoms with Crippen LogP contribution in [0.25, 0.3) is 0 Å². The quantitative estimate of drug-likeness (QED) is 0.503. The monoisotopic (exact) mass is 259 g/mol. The lowest BCUT2D eigenvalue weighted by Crippen LogP contribution is -2.11. The third kappa shape index (κ3) is 2.98. The molecule has 0 aliphatic rings. The first kappa shape index (κ1) is 12.8. The van der Waals surface area contributed by atoms with E-state index in [9.17, 15) is 4.79 Å². The number of anilines is 1. The molecule has 0 saturated heterocycles. The van der Waals surface area contributed by atoms with Crippen molar-refractivity contribution in [2.75, 3.05) is 5.32 Å². The van der Waals surface area contributed by atoms with Crippen molar-refractivity contribution in [3.05, 3.63) is 47.3 Å². The van der Waals surface area contributed by atoms with E-state index in [0.29, 0.717) is 17.1 Å². The Hall–Kier alpha value is -2.63. The van der Waals surface area contributed by atoms with Crippen LogP contribution in [0.15, 0.2) is 40.0 Å². The highest BCUT2D eigenvalue weighted by molar-refractivity contribution is 6.03. The lowest BCUT2D eigenvalue weighted by Gasteiger charge is -2.04. The Balaban J connectivity index is 2.10. The molecular formula is C13H13N3O3. The second-order valence-corrected chi connectivity index (χ2v) is 4.05. The van der Waals surface area contributed by atoms with E-state index in [4.69, 9.17) is 9.73 Å². The summed E-state index contributed by atoms with van der Waals surface area (Å²) in [6.07, 6.45) is 0. The second-order valence-electron chi connectivity index (χ2n) is 4.05. The smallest absolute Gasteiger partial charge is 0.294 e. The average Bonchev–Trinajstić information content (AvgIpc) is 2.85. The molecule has 1 aromatic carbocycles. The minimum atomic E-state index is -0.360. The van der Waals surface area contributed by atoms with Crippen LogP contribution in [0.4, 0.5) is 5.69 Å². The van der Waals surface area contributed by atoms with Crippen LogP contribution in [0, 0.1) is 6.92 Å². The number of oxime groups is 1. The molecule has 6 nitrogen and oxygen atoms in total. The van der Waals surface area contributed by atoms with E-state index in [2.05, 4.69) is 15.6 Å². The highest BCUT2D eigenvalue weighted by Crippen LogP contribution is 2.12. The molecule has 0 fully saturated rings. The maximum absolute atomic E-state index is 11.8. The summed E-state index contributed by atoms with van der Waals surface area (Å²) in [6.45, 7) is 3.43. The van der Waals surface area contributed by atoms with E-state index in [1.54, 1.807) is 44.2 Å². The predicted octanol–water partition coefficient (Wildman–Crippen LogP) is 2.43. The van der Waals surface area contributed by atoms with E-state index >= 15 is 0 Å². The molecule has 2 rings (SSSR count). The molecule has 0 aliphatic heterocycles. The number of aryl methyl sites for hydroxylation is 1. The molecule has 0 aliphatic carbocycles. The van der Waals surface area contributed by atoms with Crippen molar-refractivity contribution in [3.8, 4) is 0 Å². The molecule has 0 unspecified atom stereocenters. The lowest BCUT2D eigenvalue weighted by molar-refractivity contribution is 0.0988. The Morgan fingerprint density at radius 1 is 1.37 bits per heavy atom. The molecule has 98 valence electrons. The maximum atomic E-state index is 11.8. The van der Waals surface area contributed by atoms with Crippen LogP contribution in [0.5, 0.6) is 0 Å². The normalized spacial score (nSPS) is 11.4. The number of hydrogen-bond acceptors (Lipinski definition) is 5. The Kier molecular flexibility index (Phi) is 3.61. The van der Waals surface area contributed by atoms with Gasteiger partial charge >= 0.3 is 0 Å². The molecule has 0 radical (unpaired) electrons. The third-order valence-corrected chi connectivity index (χ3v) is 2.56. The number of nitrogens with one attached hydrogen (secondary N) is 1. The summed E-state index contributed by atoms with van der Waals surface area (Å²) in [7, 11) is 0. The van der Waals surface area contributed by atoms with Crippen LogP contribution in [0.1, 0.15) is 28.7 Å². The van der Waals surface area contributed by atoms with Crippen LogP contribution in [-0.2, 0) is 0 Å². The average molecular weight is 259 g/mol. The zero-order valence-corrected chi connectivity index (χ0v) is 10.5. The number of rotatable bonds is 3. The molecule has 19 heavy (non-hydrogen) atoms. The summed E-state index contributed by atoms with van der Waals surface area (Å²) >= 11 is 0. The van der Waals surface area contributed by atoms with Crippen LogP contribution in [0.3, 0.4) is 0 Å². The zero-order chi connectivity index (χ0) is 13.8. The van der Waals surface area contributed by atoms with Gasteiger partial charge in [-0.25, -0.2) is 0 Å². The van der Waals surface area contributed by atoms with E-state index < -0.39 is 0 Å². The number of carbonyl (C=O) groups is 1. The van der Waals surface area contributed by atoms with Gasteiger partial charge in [0.05, 0.1) is 11.4 Å². The maximum Gasteiger partial charge on any atom is 0.294 e. The molecule has 1 aromatic heterocycles. The van der Waals surface area contributed by atoms with Crippen molar-refractivity contribution in [3.63, 3.8) is 0 Å². The molecule has 1 amide bonds. The summed E-state index contributed by atoms with van der Waals surface area (Å²) < 4.78 is 4.86.